The first-order valence-corrected chi connectivity index (χ1v) is 12.1. The molecule has 34 heavy (non-hydrogen) atoms. The van der Waals surface area contributed by atoms with Crippen LogP contribution in [0.4, 0.5) is 4.79 Å². The second kappa shape index (κ2) is 12.4. The van der Waals surface area contributed by atoms with Crippen LogP contribution in [0.15, 0.2) is 54.0 Å². The minimum atomic E-state index is -0.283. The van der Waals surface area contributed by atoms with Gasteiger partial charge in [-0.1, -0.05) is 35.9 Å². The van der Waals surface area contributed by atoms with Gasteiger partial charge in [0.25, 0.3) is 11.1 Å². The molecular weight excluding hydrogens is 450 g/mol. The summed E-state index contributed by atoms with van der Waals surface area (Å²) in [7, 11) is 1.60. The number of hydrogen-bond donors (Lipinski definition) is 0. The number of benzene rings is 2. The van der Waals surface area contributed by atoms with Gasteiger partial charge >= 0.3 is 0 Å². The Morgan fingerprint density at radius 3 is 2.56 bits per heavy atom. The van der Waals surface area contributed by atoms with E-state index in [0.717, 1.165) is 28.5 Å². The van der Waals surface area contributed by atoms with Crippen molar-refractivity contribution >= 4 is 29.0 Å². The number of allylic oxidation sites excluding steroid dienone is 1. The quantitative estimate of drug-likeness (QED) is 0.218. The van der Waals surface area contributed by atoms with Crippen LogP contribution >= 0.6 is 11.8 Å². The van der Waals surface area contributed by atoms with Gasteiger partial charge < -0.3 is 14.2 Å². The van der Waals surface area contributed by atoms with E-state index in [1.165, 1.54) is 10.5 Å². The van der Waals surface area contributed by atoms with Crippen molar-refractivity contribution < 1.29 is 23.8 Å². The number of ether oxygens (including phenoxy) is 3. The number of carbonyl (C=O) groups is 2. The van der Waals surface area contributed by atoms with Crippen molar-refractivity contribution in [3.05, 3.63) is 76.2 Å². The van der Waals surface area contributed by atoms with Crippen LogP contribution in [0, 0.1) is 6.92 Å². The number of hydrogen-bond acceptors (Lipinski definition) is 6. The lowest BCUT2D eigenvalue weighted by Crippen LogP contribution is -2.29. The molecule has 1 heterocycles. The van der Waals surface area contributed by atoms with E-state index in [1.807, 2.05) is 38.1 Å². The number of thioether (sulfide) groups is 1. The Morgan fingerprint density at radius 1 is 1.12 bits per heavy atom. The zero-order valence-corrected chi connectivity index (χ0v) is 20.8. The summed E-state index contributed by atoms with van der Waals surface area (Å²) in [5, 5.41) is -0.262. The summed E-state index contributed by atoms with van der Waals surface area (Å²) in [6, 6.07) is 12.0. The minimum absolute atomic E-state index is 0.262. The van der Waals surface area contributed by atoms with Crippen molar-refractivity contribution in [2.75, 3.05) is 26.9 Å². The third-order valence-corrected chi connectivity index (χ3v) is 6.13. The number of methoxy groups -OCH3 is 1. The standard InChI is InChI=1S/C27H31NO5S/c1-5-8-22-15-21(17-24-26(29)28(27(30)34-24)13-7-14-31-4)16-23(32-6-2)25(22)33-18-20-11-9-19(3)10-12-20/h5,9-12,15-17H,1,6-8,13-14,18H2,2-4H3/b24-17+. The fourth-order valence-electron chi connectivity index (χ4n) is 3.55. The molecule has 1 aliphatic rings. The smallest absolute Gasteiger partial charge is 0.293 e. The number of nitrogens with zero attached hydrogens (tertiary/aromatic N) is 1. The van der Waals surface area contributed by atoms with Crippen molar-refractivity contribution in [3.8, 4) is 11.5 Å². The predicted octanol–water partition coefficient (Wildman–Crippen LogP) is 5.77. The molecule has 0 aliphatic carbocycles. The Morgan fingerprint density at radius 2 is 1.88 bits per heavy atom. The maximum absolute atomic E-state index is 12.8. The van der Waals surface area contributed by atoms with E-state index in [9.17, 15) is 9.59 Å². The molecule has 0 bridgehead atoms. The Bertz CT molecular complexity index is 1060. The molecular formula is C27H31NO5S. The van der Waals surface area contributed by atoms with E-state index in [-0.39, 0.29) is 11.1 Å². The Balaban J connectivity index is 1.88. The lowest BCUT2D eigenvalue weighted by Gasteiger charge is -2.17. The fourth-order valence-corrected chi connectivity index (χ4v) is 4.42. The van der Waals surface area contributed by atoms with Crippen molar-refractivity contribution in [3.63, 3.8) is 0 Å². The second-order valence-corrected chi connectivity index (χ2v) is 8.88. The molecule has 0 saturated carbocycles. The molecule has 2 amide bonds. The maximum atomic E-state index is 12.8. The molecule has 0 N–H and O–H groups in total. The van der Waals surface area contributed by atoms with E-state index in [1.54, 1.807) is 19.3 Å². The van der Waals surface area contributed by atoms with Gasteiger partial charge in [0.2, 0.25) is 0 Å². The molecule has 2 aromatic rings. The molecule has 3 rings (SSSR count). The second-order valence-electron chi connectivity index (χ2n) is 7.89. The van der Waals surface area contributed by atoms with Crippen LogP contribution in [0.2, 0.25) is 0 Å². The van der Waals surface area contributed by atoms with Crippen LogP contribution in [0.3, 0.4) is 0 Å². The Labute approximate surface area is 205 Å². The van der Waals surface area contributed by atoms with Crippen molar-refractivity contribution in [1.29, 1.82) is 0 Å². The number of carbonyl (C=O) groups excluding carboxylic acids is 2. The van der Waals surface area contributed by atoms with E-state index in [4.69, 9.17) is 14.2 Å². The van der Waals surface area contributed by atoms with Crippen LogP contribution in [-0.4, -0.2) is 42.9 Å². The third kappa shape index (κ3) is 6.52. The summed E-state index contributed by atoms with van der Waals surface area (Å²) >= 11 is 0.951. The molecule has 2 aromatic carbocycles. The Kier molecular flexibility index (Phi) is 9.36. The summed E-state index contributed by atoms with van der Waals surface area (Å²) in [6.07, 6.45) is 4.72. The van der Waals surface area contributed by atoms with Gasteiger partial charge in [-0.2, -0.15) is 0 Å². The molecule has 0 aromatic heterocycles. The van der Waals surface area contributed by atoms with Gasteiger partial charge in [0.05, 0.1) is 11.5 Å². The molecule has 1 saturated heterocycles. The maximum Gasteiger partial charge on any atom is 0.293 e. The van der Waals surface area contributed by atoms with Crippen LogP contribution in [-0.2, 0) is 22.6 Å². The molecule has 1 fully saturated rings. The van der Waals surface area contributed by atoms with Gasteiger partial charge in [-0.25, -0.2) is 0 Å². The molecule has 7 heteroatoms. The van der Waals surface area contributed by atoms with Crippen LogP contribution < -0.4 is 9.47 Å². The average molecular weight is 482 g/mol. The lowest BCUT2D eigenvalue weighted by atomic mass is 10.0. The largest absolute Gasteiger partial charge is 0.490 e. The topological polar surface area (TPSA) is 65.1 Å². The van der Waals surface area contributed by atoms with Gasteiger partial charge in [0, 0.05) is 25.8 Å². The van der Waals surface area contributed by atoms with Gasteiger partial charge in [0.1, 0.15) is 6.61 Å². The van der Waals surface area contributed by atoms with E-state index >= 15 is 0 Å². The molecule has 6 nitrogen and oxygen atoms in total. The summed E-state index contributed by atoms with van der Waals surface area (Å²) in [5.41, 5.74) is 3.92. The number of imide groups is 1. The molecule has 1 aliphatic heterocycles. The molecule has 180 valence electrons. The molecule has 0 unspecified atom stereocenters. The van der Waals surface area contributed by atoms with Gasteiger partial charge in [-0.3, -0.25) is 14.5 Å². The monoisotopic (exact) mass is 481 g/mol. The van der Waals surface area contributed by atoms with Gasteiger partial charge in [0.15, 0.2) is 11.5 Å². The summed E-state index contributed by atoms with van der Waals surface area (Å²) in [6.45, 7) is 9.54. The SMILES string of the molecule is C=CCc1cc(/C=C2/SC(=O)N(CCCOC)C2=O)cc(OCC)c1OCc1ccc(C)cc1. The van der Waals surface area contributed by atoms with Gasteiger partial charge in [-0.05, 0) is 67.8 Å². The predicted molar refractivity (Wildman–Crippen MR) is 136 cm³/mol. The van der Waals surface area contributed by atoms with Crippen molar-refractivity contribution in [1.82, 2.24) is 4.90 Å². The van der Waals surface area contributed by atoms with E-state index < -0.39 is 0 Å². The highest BCUT2D eigenvalue weighted by atomic mass is 32.2. The first-order chi connectivity index (χ1) is 16.5. The van der Waals surface area contributed by atoms with Crippen molar-refractivity contribution in [2.24, 2.45) is 0 Å². The van der Waals surface area contributed by atoms with E-state index in [2.05, 4.69) is 18.7 Å². The zero-order valence-electron chi connectivity index (χ0n) is 20.0. The van der Waals surface area contributed by atoms with Crippen LogP contribution in [0.1, 0.15) is 35.6 Å². The summed E-state index contributed by atoms with van der Waals surface area (Å²) < 4.78 is 17.1. The summed E-state index contributed by atoms with van der Waals surface area (Å²) in [5.74, 6) is 0.973. The summed E-state index contributed by atoms with van der Waals surface area (Å²) in [4.78, 5) is 26.8. The fraction of sp³-hybridized carbons (Fsp3) is 0.333. The normalized spacial score (nSPS) is 14.7. The van der Waals surface area contributed by atoms with Gasteiger partial charge in [-0.15, -0.1) is 6.58 Å². The first-order valence-electron chi connectivity index (χ1n) is 11.3. The average Bonchev–Trinajstić information content (AvgIpc) is 3.07. The highest BCUT2D eigenvalue weighted by Crippen LogP contribution is 2.37. The number of amides is 2. The molecule has 0 atom stereocenters. The number of aryl methyl sites for hydroxylation is 1. The molecule has 0 radical (unpaired) electrons. The Hall–Kier alpha value is -3.03. The zero-order chi connectivity index (χ0) is 24.5. The highest BCUT2D eigenvalue weighted by molar-refractivity contribution is 8.18. The number of rotatable bonds is 12. The highest BCUT2D eigenvalue weighted by Gasteiger charge is 2.34. The lowest BCUT2D eigenvalue weighted by molar-refractivity contribution is -0.122. The third-order valence-electron chi connectivity index (χ3n) is 5.22. The van der Waals surface area contributed by atoms with Crippen molar-refractivity contribution in [2.45, 2.75) is 33.3 Å². The first kappa shape index (κ1) is 25.6. The van der Waals surface area contributed by atoms with Crippen LogP contribution in [0.5, 0.6) is 11.5 Å². The van der Waals surface area contributed by atoms with E-state index in [0.29, 0.717) is 55.6 Å². The van der Waals surface area contributed by atoms with Crippen LogP contribution in [0.25, 0.3) is 6.08 Å². The minimum Gasteiger partial charge on any atom is -0.490 e. The molecule has 0 spiro atoms.